The monoisotopic (exact) mass is 460 g/mol. The molecule has 0 bridgehead atoms. The van der Waals surface area contributed by atoms with E-state index in [1.54, 1.807) is 30.1 Å². The van der Waals surface area contributed by atoms with Crippen molar-refractivity contribution >= 4 is 18.1 Å². The van der Waals surface area contributed by atoms with Gasteiger partial charge in [0.2, 0.25) is 0 Å². The van der Waals surface area contributed by atoms with Gasteiger partial charge in [-0.3, -0.25) is 4.79 Å². The molecule has 0 N–H and O–H groups in total. The van der Waals surface area contributed by atoms with Gasteiger partial charge in [-0.05, 0) is 60.8 Å². The van der Waals surface area contributed by atoms with Crippen LogP contribution in [0.3, 0.4) is 0 Å². The molecule has 1 atom stereocenters. The number of aromatic nitrogens is 2. The Hall–Kier alpha value is -3.41. The second kappa shape index (κ2) is 9.45. The zero-order valence-electron chi connectivity index (χ0n) is 19.5. The van der Waals surface area contributed by atoms with Gasteiger partial charge in [0.15, 0.2) is 0 Å². The van der Waals surface area contributed by atoms with E-state index in [-0.39, 0.29) is 17.7 Å². The van der Waals surface area contributed by atoms with E-state index in [2.05, 4.69) is 35.4 Å². The predicted molar refractivity (Wildman–Crippen MR) is 130 cm³/mol. The third-order valence-corrected chi connectivity index (χ3v) is 6.78. The van der Waals surface area contributed by atoms with Crippen LogP contribution in [0, 0.1) is 11.7 Å². The fourth-order valence-corrected chi connectivity index (χ4v) is 4.64. The first-order valence-electron chi connectivity index (χ1n) is 11.8. The largest absolute Gasteiger partial charge is 0.497 e. The lowest BCUT2D eigenvalue weighted by Crippen LogP contribution is -2.10. The fourth-order valence-electron chi connectivity index (χ4n) is 4.64. The molecule has 1 aromatic heterocycles. The van der Waals surface area contributed by atoms with Crippen molar-refractivity contribution in [1.29, 1.82) is 0 Å². The van der Waals surface area contributed by atoms with Crippen molar-refractivity contribution < 1.29 is 18.7 Å². The SMILES string of the molecule is COC(=O)CC(c1cccc(/C=C/c2cnn(-c3cc(OC)ccc3F)c2C2CC2)c1)C1CC1. The average molecular weight is 461 g/mol. The molecule has 0 aliphatic heterocycles. The smallest absolute Gasteiger partial charge is 0.306 e. The molecule has 0 saturated heterocycles. The maximum atomic E-state index is 14.7. The van der Waals surface area contributed by atoms with Gasteiger partial charge in [-0.2, -0.15) is 5.10 Å². The molecule has 1 heterocycles. The van der Waals surface area contributed by atoms with Crippen molar-refractivity contribution in [3.8, 4) is 11.4 Å². The Morgan fingerprint density at radius 1 is 1.15 bits per heavy atom. The molecule has 0 spiro atoms. The third-order valence-electron chi connectivity index (χ3n) is 6.78. The van der Waals surface area contributed by atoms with Gasteiger partial charge in [0.1, 0.15) is 17.3 Å². The molecule has 5 rings (SSSR count). The van der Waals surface area contributed by atoms with Crippen LogP contribution >= 0.6 is 0 Å². The van der Waals surface area contributed by atoms with Crippen molar-refractivity contribution in [2.45, 2.75) is 43.9 Å². The van der Waals surface area contributed by atoms with E-state index >= 15 is 0 Å². The Balaban J connectivity index is 1.43. The Morgan fingerprint density at radius 2 is 1.97 bits per heavy atom. The highest BCUT2D eigenvalue weighted by atomic mass is 19.1. The third kappa shape index (κ3) is 4.76. The summed E-state index contributed by atoms with van der Waals surface area (Å²) in [6, 6.07) is 13.1. The molecule has 176 valence electrons. The van der Waals surface area contributed by atoms with E-state index in [9.17, 15) is 9.18 Å². The quantitative estimate of drug-likeness (QED) is 0.361. The molecule has 0 radical (unpaired) electrons. The van der Waals surface area contributed by atoms with E-state index < -0.39 is 0 Å². The Morgan fingerprint density at radius 3 is 2.68 bits per heavy atom. The topological polar surface area (TPSA) is 53.3 Å². The number of esters is 1. The number of carbonyl (C=O) groups excluding carboxylic acids is 1. The summed E-state index contributed by atoms with van der Waals surface area (Å²) in [5, 5.41) is 4.53. The second-order valence-corrected chi connectivity index (χ2v) is 9.22. The number of halogens is 1. The van der Waals surface area contributed by atoms with Crippen LogP contribution in [0.5, 0.6) is 5.75 Å². The Kier molecular flexibility index (Phi) is 6.22. The summed E-state index contributed by atoms with van der Waals surface area (Å²) >= 11 is 0. The molecule has 0 amide bonds. The molecule has 2 aliphatic rings. The Bertz CT molecular complexity index is 1220. The van der Waals surface area contributed by atoms with Gasteiger partial charge in [0.25, 0.3) is 0 Å². The highest BCUT2D eigenvalue weighted by molar-refractivity contribution is 5.73. The van der Waals surface area contributed by atoms with E-state index in [1.807, 2.05) is 6.07 Å². The van der Waals surface area contributed by atoms with Gasteiger partial charge in [-0.1, -0.05) is 36.4 Å². The second-order valence-electron chi connectivity index (χ2n) is 9.22. The van der Waals surface area contributed by atoms with Crippen LogP contribution < -0.4 is 4.74 Å². The summed E-state index contributed by atoms with van der Waals surface area (Å²) in [5.41, 5.74) is 4.66. The van der Waals surface area contributed by atoms with Crippen molar-refractivity contribution in [3.05, 3.63) is 76.9 Å². The minimum absolute atomic E-state index is 0.163. The van der Waals surface area contributed by atoms with Crippen molar-refractivity contribution in [1.82, 2.24) is 9.78 Å². The van der Waals surface area contributed by atoms with Crippen molar-refractivity contribution in [3.63, 3.8) is 0 Å². The number of carbonyl (C=O) groups is 1. The van der Waals surface area contributed by atoms with Crippen LogP contribution in [0.4, 0.5) is 4.39 Å². The van der Waals surface area contributed by atoms with E-state index in [4.69, 9.17) is 9.47 Å². The van der Waals surface area contributed by atoms with Crippen LogP contribution in [-0.2, 0) is 9.53 Å². The van der Waals surface area contributed by atoms with Gasteiger partial charge in [-0.15, -0.1) is 0 Å². The predicted octanol–water partition coefficient (Wildman–Crippen LogP) is 6.12. The number of rotatable bonds is 9. The molecule has 6 heteroatoms. The molecule has 2 aromatic carbocycles. The zero-order valence-corrected chi connectivity index (χ0v) is 19.5. The van der Waals surface area contributed by atoms with Crippen LogP contribution in [0.2, 0.25) is 0 Å². The average Bonchev–Trinajstić information content (AvgIpc) is 3.80. The van der Waals surface area contributed by atoms with Gasteiger partial charge >= 0.3 is 5.97 Å². The lowest BCUT2D eigenvalue weighted by atomic mass is 9.90. The van der Waals surface area contributed by atoms with Crippen LogP contribution in [0.25, 0.3) is 17.8 Å². The lowest BCUT2D eigenvalue weighted by molar-refractivity contribution is -0.141. The number of nitrogens with zero attached hydrogens (tertiary/aromatic N) is 2. The molecule has 5 nitrogen and oxygen atoms in total. The molecular formula is C28H29FN2O3. The molecule has 2 aliphatic carbocycles. The minimum atomic E-state index is -0.328. The van der Waals surface area contributed by atoms with Gasteiger partial charge in [0.05, 0.1) is 32.5 Å². The minimum Gasteiger partial charge on any atom is -0.497 e. The summed E-state index contributed by atoms with van der Waals surface area (Å²) in [6.45, 7) is 0. The number of methoxy groups -OCH3 is 2. The Labute approximate surface area is 199 Å². The first kappa shape index (κ1) is 22.4. The van der Waals surface area contributed by atoms with Gasteiger partial charge < -0.3 is 9.47 Å². The molecular weight excluding hydrogens is 431 g/mol. The molecule has 2 saturated carbocycles. The lowest BCUT2D eigenvalue weighted by Gasteiger charge is -2.16. The highest BCUT2D eigenvalue weighted by Gasteiger charge is 2.34. The zero-order chi connectivity index (χ0) is 23.7. The normalized spacial score (nSPS) is 16.6. The molecule has 2 fully saturated rings. The number of ether oxygens (including phenoxy) is 2. The molecule has 1 unspecified atom stereocenters. The number of benzene rings is 2. The fraction of sp³-hybridized carbons (Fsp3) is 0.357. The summed E-state index contributed by atoms with van der Waals surface area (Å²) in [7, 11) is 3.02. The summed E-state index contributed by atoms with van der Waals surface area (Å²) in [6.07, 6.45) is 10.8. The standard InChI is InChI=1S/C28H29FN2O3/c1-33-23-12-13-25(29)26(15-23)31-28(20-10-11-20)22(17-30-31)7-6-18-4-3-5-21(14-18)24(19-8-9-19)16-27(32)34-2/h3-7,12-15,17,19-20,24H,8-11,16H2,1-2H3/b7-6+. The number of hydrogen-bond donors (Lipinski definition) is 0. The van der Waals surface area contributed by atoms with E-state index in [0.29, 0.717) is 29.7 Å². The first-order chi connectivity index (χ1) is 16.6. The van der Waals surface area contributed by atoms with E-state index in [0.717, 1.165) is 42.5 Å². The first-order valence-corrected chi connectivity index (χ1v) is 11.8. The van der Waals surface area contributed by atoms with Crippen LogP contribution in [0.1, 0.15) is 66.3 Å². The van der Waals surface area contributed by atoms with Crippen molar-refractivity contribution in [2.24, 2.45) is 5.92 Å². The van der Waals surface area contributed by atoms with Gasteiger partial charge in [-0.25, -0.2) is 9.07 Å². The van der Waals surface area contributed by atoms with Crippen molar-refractivity contribution in [2.75, 3.05) is 14.2 Å². The molecule has 3 aromatic rings. The van der Waals surface area contributed by atoms with E-state index in [1.165, 1.54) is 18.7 Å². The van der Waals surface area contributed by atoms with Crippen LogP contribution in [0.15, 0.2) is 48.7 Å². The summed E-state index contributed by atoms with van der Waals surface area (Å²) in [4.78, 5) is 11.9. The van der Waals surface area contributed by atoms with Crippen LogP contribution in [-0.4, -0.2) is 30.0 Å². The maximum absolute atomic E-state index is 14.7. The highest BCUT2D eigenvalue weighted by Crippen LogP contribution is 2.45. The summed E-state index contributed by atoms with van der Waals surface area (Å²) in [5.74, 6) is 1.23. The number of hydrogen-bond acceptors (Lipinski definition) is 4. The summed E-state index contributed by atoms with van der Waals surface area (Å²) < 4.78 is 26.6. The maximum Gasteiger partial charge on any atom is 0.306 e. The molecule has 34 heavy (non-hydrogen) atoms. The van der Waals surface area contributed by atoms with Gasteiger partial charge in [0, 0.05) is 17.5 Å².